The van der Waals surface area contributed by atoms with E-state index in [0.717, 1.165) is 18.9 Å². The first-order chi connectivity index (χ1) is 13.1. The normalized spacial score (nSPS) is 15.5. The molecule has 1 atom stereocenters. The monoisotopic (exact) mass is 373 g/mol. The number of anilines is 2. The molecule has 3 rings (SSSR count). The topological polar surface area (TPSA) is 81.6 Å². The minimum atomic E-state index is -0.771. The van der Waals surface area contributed by atoms with Crippen LogP contribution in [0.3, 0.4) is 0 Å². The third-order valence-corrected chi connectivity index (χ3v) is 4.64. The second kappa shape index (κ2) is 8.77. The number of amides is 1. The number of hydrogen-bond acceptors (Lipinski definition) is 6. The molecule has 2 aromatic rings. The van der Waals surface area contributed by atoms with Crippen LogP contribution in [0.5, 0.6) is 0 Å². The number of carbonyl (C=O) groups excluding carboxylic acids is 1. The van der Waals surface area contributed by atoms with Crippen LogP contribution in [0.15, 0.2) is 36.7 Å². The van der Waals surface area contributed by atoms with Crippen LogP contribution in [0.1, 0.15) is 25.0 Å². The van der Waals surface area contributed by atoms with Gasteiger partial charge in [0.05, 0.1) is 6.10 Å². The molecule has 2 heterocycles. The molecule has 0 saturated carbocycles. The molecule has 7 nitrogen and oxygen atoms in total. The number of benzene rings is 1. The lowest BCUT2D eigenvalue weighted by Crippen LogP contribution is -2.48. The first-order valence-corrected chi connectivity index (χ1v) is 9.09. The van der Waals surface area contributed by atoms with Gasteiger partial charge in [-0.25, -0.2) is 14.4 Å². The fourth-order valence-corrected chi connectivity index (χ4v) is 3.03. The van der Waals surface area contributed by atoms with Crippen molar-refractivity contribution in [2.24, 2.45) is 0 Å². The zero-order valence-corrected chi connectivity index (χ0v) is 15.3. The van der Waals surface area contributed by atoms with Crippen LogP contribution in [-0.2, 0) is 4.79 Å². The van der Waals surface area contributed by atoms with Gasteiger partial charge >= 0.3 is 0 Å². The zero-order valence-electron chi connectivity index (χ0n) is 15.3. The number of piperazine rings is 1. The summed E-state index contributed by atoms with van der Waals surface area (Å²) in [7, 11) is 0. The van der Waals surface area contributed by atoms with E-state index in [1.165, 1.54) is 18.5 Å². The molecule has 27 heavy (non-hydrogen) atoms. The van der Waals surface area contributed by atoms with Crippen LogP contribution in [0.4, 0.5) is 16.0 Å². The van der Waals surface area contributed by atoms with E-state index in [1.807, 2.05) is 17.9 Å². The maximum Gasteiger partial charge on any atom is 0.222 e. The van der Waals surface area contributed by atoms with Gasteiger partial charge in [-0.1, -0.05) is 19.1 Å². The van der Waals surface area contributed by atoms with Crippen molar-refractivity contribution in [3.63, 3.8) is 0 Å². The van der Waals surface area contributed by atoms with Gasteiger partial charge in [0, 0.05) is 45.2 Å². The van der Waals surface area contributed by atoms with E-state index in [4.69, 9.17) is 0 Å². The number of aromatic nitrogens is 2. The summed E-state index contributed by atoms with van der Waals surface area (Å²) in [6, 6.07) is 7.59. The van der Waals surface area contributed by atoms with Gasteiger partial charge < -0.3 is 20.2 Å². The molecular weight excluding hydrogens is 349 g/mol. The fraction of sp³-hybridized carbons (Fsp3) is 0.421. The summed E-state index contributed by atoms with van der Waals surface area (Å²) in [4.78, 5) is 24.3. The molecule has 1 aliphatic heterocycles. The Hall–Kier alpha value is -2.74. The molecule has 144 valence electrons. The largest absolute Gasteiger partial charge is 0.387 e. The molecular formula is C19H24FN5O2. The predicted octanol–water partition coefficient (Wildman–Crippen LogP) is 1.82. The summed E-state index contributed by atoms with van der Waals surface area (Å²) in [5, 5.41) is 13.3. The Balaban J connectivity index is 1.56. The van der Waals surface area contributed by atoms with Crippen molar-refractivity contribution in [3.8, 4) is 0 Å². The van der Waals surface area contributed by atoms with Crippen LogP contribution < -0.4 is 10.2 Å². The molecule has 8 heteroatoms. The Kier molecular flexibility index (Phi) is 6.18. The maximum absolute atomic E-state index is 13.0. The van der Waals surface area contributed by atoms with Crippen molar-refractivity contribution < 1.29 is 14.3 Å². The number of nitrogens with zero attached hydrogens (tertiary/aromatic N) is 4. The Morgan fingerprint density at radius 2 is 1.93 bits per heavy atom. The van der Waals surface area contributed by atoms with Gasteiger partial charge in [-0.15, -0.1) is 0 Å². The Bertz CT molecular complexity index is 763. The second-order valence-electron chi connectivity index (χ2n) is 6.43. The smallest absolute Gasteiger partial charge is 0.222 e. The van der Waals surface area contributed by atoms with Gasteiger partial charge in [-0.3, -0.25) is 4.79 Å². The molecule has 1 unspecified atom stereocenters. The minimum Gasteiger partial charge on any atom is -0.387 e. The standard InChI is InChI=1S/C19H24FN5O2/c1-2-19(27)25-9-7-24(8-10-25)18-11-17(22-13-23-18)21-12-16(26)14-3-5-15(20)6-4-14/h3-6,11,13,16,26H,2,7-10,12H2,1H3,(H,21,22,23). The van der Waals surface area contributed by atoms with Crippen LogP contribution in [0.2, 0.25) is 0 Å². The van der Waals surface area contributed by atoms with Crippen molar-refractivity contribution in [2.75, 3.05) is 42.9 Å². The van der Waals surface area contributed by atoms with E-state index < -0.39 is 6.10 Å². The van der Waals surface area contributed by atoms with E-state index >= 15 is 0 Å². The van der Waals surface area contributed by atoms with E-state index in [1.54, 1.807) is 12.1 Å². The lowest BCUT2D eigenvalue weighted by Gasteiger charge is -2.35. The average molecular weight is 373 g/mol. The number of hydrogen-bond donors (Lipinski definition) is 2. The van der Waals surface area contributed by atoms with Gasteiger partial charge in [0.2, 0.25) is 5.91 Å². The molecule has 1 aliphatic rings. The number of aliphatic hydroxyl groups excluding tert-OH is 1. The quantitative estimate of drug-likeness (QED) is 0.804. The molecule has 1 aromatic carbocycles. The Morgan fingerprint density at radius 1 is 1.22 bits per heavy atom. The molecule has 0 bridgehead atoms. The minimum absolute atomic E-state index is 0.175. The number of rotatable bonds is 6. The summed E-state index contributed by atoms with van der Waals surface area (Å²) in [5.74, 6) is 1.23. The summed E-state index contributed by atoms with van der Waals surface area (Å²) in [6.45, 7) is 4.94. The highest BCUT2D eigenvalue weighted by atomic mass is 19.1. The van der Waals surface area contributed by atoms with Crippen molar-refractivity contribution in [1.82, 2.24) is 14.9 Å². The molecule has 1 amide bonds. The number of aliphatic hydroxyl groups is 1. The molecule has 1 fully saturated rings. The zero-order chi connectivity index (χ0) is 19.2. The van der Waals surface area contributed by atoms with Crippen molar-refractivity contribution in [1.29, 1.82) is 0 Å². The lowest BCUT2D eigenvalue weighted by molar-refractivity contribution is -0.131. The van der Waals surface area contributed by atoms with Crippen LogP contribution in [0, 0.1) is 5.82 Å². The van der Waals surface area contributed by atoms with Crippen molar-refractivity contribution in [2.45, 2.75) is 19.4 Å². The Labute approximate surface area is 157 Å². The molecule has 2 N–H and O–H groups in total. The third-order valence-electron chi connectivity index (χ3n) is 4.64. The van der Waals surface area contributed by atoms with E-state index in [2.05, 4.69) is 20.2 Å². The van der Waals surface area contributed by atoms with Gasteiger partial charge in [0.15, 0.2) is 0 Å². The van der Waals surface area contributed by atoms with Crippen molar-refractivity contribution >= 4 is 17.5 Å². The number of halogens is 1. The highest BCUT2D eigenvalue weighted by molar-refractivity contribution is 5.76. The molecule has 0 spiro atoms. The predicted molar refractivity (Wildman–Crippen MR) is 101 cm³/mol. The fourth-order valence-electron chi connectivity index (χ4n) is 3.03. The van der Waals surface area contributed by atoms with Gasteiger partial charge in [0.25, 0.3) is 0 Å². The van der Waals surface area contributed by atoms with Gasteiger partial charge in [-0.05, 0) is 17.7 Å². The van der Waals surface area contributed by atoms with E-state index in [-0.39, 0.29) is 18.3 Å². The van der Waals surface area contributed by atoms with Crippen LogP contribution in [-0.4, -0.2) is 58.6 Å². The summed E-state index contributed by atoms with van der Waals surface area (Å²) in [6.07, 6.45) is 1.23. The number of nitrogens with one attached hydrogen (secondary N) is 1. The lowest BCUT2D eigenvalue weighted by atomic mass is 10.1. The summed E-state index contributed by atoms with van der Waals surface area (Å²) >= 11 is 0. The van der Waals surface area contributed by atoms with E-state index in [9.17, 15) is 14.3 Å². The third kappa shape index (κ3) is 4.91. The van der Waals surface area contributed by atoms with Crippen LogP contribution >= 0.6 is 0 Å². The molecule has 1 aromatic heterocycles. The second-order valence-corrected chi connectivity index (χ2v) is 6.43. The summed E-state index contributed by atoms with van der Waals surface area (Å²) in [5.41, 5.74) is 0.634. The van der Waals surface area contributed by atoms with Crippen LogP contribution in [0.25, 0.3) is 0 Å². The molecule has 1 saturated heterocycles. The summed E-state index contributed by atoms with van der Waals surface area (Å²) < 4.78 is 13.0. The first-order valence-electron chi connectivity index (χ1n) is 9.09. The highest BCUT2D eigenvalue weighted by Crippen LogP contribution is 2.18. The van der Waals surface area contributed by atoms with Gasteiger partial charge in [0.1, 0.15) is 23.8 Å². The highest BCUT2D eigenvalue weighted by Gasteiger charge is 2.21. The molecule has 0 aliphatic carbocycles. The molecule has 0 radical (unpaired) electrons. The van der Waals surface area contributed by atoms with Gasteiger partial charge in [-0.2, -0.15) is 0 Å². The SMILES string of the molecule is CCC(=O)N1CCN(c2cc(NCC(O)c3ccc(F)cc3)ncn2)CC1. The Morgan fingerprint density at radius 3 is 2.59 bits per heavy atom. The maximum atomic E-state index is 13.0. The first kappa shape index (κ1) is 19.0. The average Bonchev–Trinajstić information content (AvgIpc) is 2.72. The number of carbonyl (C=O) groups is 1. The van der Waals surface area contributed by atoms with Crippen molar-refractivity contribution in [3.05, 3.63) is 48.0 Å². The van der Waals surface area contributed by atoms with E-state index in [0.29, 0.717) is 30.9 Å².